The Labute approximate surface area is 210 Å². The van der Waals surface area contributed by atoms with E-state index in [1.165, 1.54) is 18.3 Å². The zero-order valence-electron chi connectivity index (χ0n) is 19.4. The highest BCUT2D eigenvalue weighted by atomic mass is 35.5. The van der Waals surface area contributed by atoms with E-state index in [1.807, 2.05) is 30.3 Å². The third kappa shape index (κ3) is 4.60. The Kier molecular flexibility index (Phi) is 6.90. The highest BCUT2D eigenvalue weighted by Gasteiger charge is 2.53. The lowest BCUT2D eigenvalue weighted by molar-refractivity contribution is -0.195. The van der Waals surface area contributed by atoms with Crippen LogP contribution in [0.5, 0.6) is 5.75 Å². The first-order chi connectivity index (χ1) is 17.1. The second kappa shape index (κ2) is 9.76. The maximum absolute atomic E-state index is 13.8. The summed E-state index contributed by atoms with van der Waals surface area (Å²) < 4.78 is 47.4. The second-order valence-corrected chi connectivity index (χ2v) is 8.99. The van der Waals surface area contributed by atoms with Gasteiger partial charge in [-0.25, -0.2) is 9.97 Å². The number of nitriles is 1. The van der Waals surface area contributed by atoms with E-state index in [0.29, 0.717) is 33.5 Å². The van der Waals surface area contributed by atoms with Crippen LogP contribution in [0.3, 0.4) is 0 Å². The monoisotopic (exact) mass is 511 g/mol. The average Bonchev–Trinajstić information content (AvgIpc) is 2.87. The molecule has 2 aromatic carbocycles. The molecule has 0 saturated heterocycles. The molecular weight excluding hydrogens is 491 g/mol. The minimum Gasteiger partial charge on any atom is -0.488 e. The summed E-state index contributed by atoms with van der Waals surface area (Å²) in [7, 11) is 0. The van der Waals surface area contributed by atoms with E-state index in [-0.39, 0.29) is 22.9 Å². The van der Waals surface area contributed by atoms with Crippen molar-refractivity contribution in [3.05, 3.63) is 88.2 Å². The number of aliphatic hydroxyl groups excluding tert-OH is 1. The van der Waals surface area contributed by atoms with Gasteiger partial charge in [-0.3, -0.25) is 0 Å². The molecule has 0 aliphatic carbocycles. The van der Waals surface area contributed by atoms with E-state index in [0.717, 1.165) is 12.5 Å². The van der Waals surface area contributed by atoms with Crippen molar-refractivity contribution in [3.8, 4) is 23.1 Å². The molecule has 0 aliphatic heterocycles. The summed E-state index contributed by atoms with van der Waals surface area (Å²) in [5.74, 6) is 0.360. The molecule has 4 aromatic rings. The maximum atomic E-state index is 13.8. The fourth-order valence-corrected chi connectivity index (χ4v) is 4.30. The Balaban J connectivity index is 1.86. The minimum absolute atomic E-state index is 0.142. The summed E-state index contributed by atoms with van der Waals surface area (Å²) in [4.78, 5) is 8.74. The number of hydrogen-bond acceptors (Lipinski definition) is 5. The first kappa shape index (κ1) is 25.4. The SMILES string of the molecule is Cc1cc(C(C)(CO)C(F)(F)F)c(Cl)cc1-c1cc(OCc2ccccc2)c2c(C#N)nccc2n1. The van der Waals surface area contributed by atoms with Crippen molar-refractivity contribution in [2.24, 2.45) is 0 Å². The Hall–Kier alpha value is -3.67. The molecule has 0 radical (unpaired) electrons. The zero-order chi connectivity index (χ0) is 26.1. The number of fused-ring (bicyclic) bond motifs is 1. The van der Waals surface area contributed by atoms with E-state index in [1.54, 1.807) is 19.1 Å². The first-order valence-electron chi connectivity index (χ1n) is 10.9. The largest absolute Gasteiger partial charge is 0.488 e. The average molecular weight is 512 g/mol. The van der Waals surface area contributed by atoms with Crippen molar-refractivity contribution in [3.63, 3.8) is 0 Å². The topological polar surface area (TPSA) is 79.0 Å². The maximum Gasteiger partial charge on any atom is 0.400 e. The molecule has 0 aliphatic rings. The third-order valence-corrected chi connectivity index (χ3v) is 6.47. The molecular formula is C27H21ClF3N3O2. The number of benzene rings is 2. The summed E-state index contributed by atoms with van der Waals surface area (Å²) >= 11 is 6.34. The fraction of sp³-hybridized carbons (Fsp3) is 0.222. The summed E-state index contributed by atoms with van der Waals surface area (Å²) in [6.45, 7) is 1.63. The number of aromatic nitrogens is 2. The minimum atomic E-state index is -4.71. The lowest BCUT2D eigenvalue weighted by Gasteiger charge is -2.32. The van der Waals surface area contributed by atoms with Gasteiger partial charge >= 0.3 is 6.18 Å². The Morgan fingerprint density at radius 1 is 1.11 bits per heavy atom. The van der Waals surface area contributed by atoms with E-state index in [2.05, 4.69) is 16.0 Å². The summed E-state index contributed by atoms with van der Waals surface area (Å²) in [5, 5.41) is 19.5. The van der Waals surface area contributed by atoms with Gasteiger partial charge in [0, 0.05) is 22.8 Å². The smallest absolute Gasteiger partial charge is 0.400 e. The Morgan fingerprint density at radius 3 is 2.47 bits per heavy atom. The van der Waals surface area contributed by atoms with Crippen molar-refractivity contribution in [1.82, 2.24) is 9.97 Å². The van der Waals surface area contributed by atoms with Crippen LogP contribution in [0.4, 0.5) is 13.2 Å². The number of halogens is 4. The van der Waals surface area contributed by atoms with Gasteiger partial charge < -0.3 is 9.84 Å². The predicted molar refractivity (Wildman–Crippen MR) is 131 cm³/mol. The van der Waals surface area contributed by atoms with Crippen LogP contribution in [0.1, 0.15) is 29.3 Å². The van der Waals surface area contributed by atoms with Crippen LogP contribution in [0.2, 0.25) is 5.02 Å². The quantitative estimate of drug-likeness (QED) is 0.319. The number of ether oxygens (including phenoxy) is 1. The summed E-state index contributed by atoms with van der Waals surface area (Å²) in [5.41, 5.74) is 0.122. The molecule has 36 heavy (non-hydrogen) atoms. The van der Waals surface area contributed by atoms with Crippen LogP contribution < -0.4 is 4.74 Å². The molecule has 1 atom stereocenters. The van der Waals surface area contributed by atoms with Gasteiger partial charge in [0.05, 0.1) is 23.2 Å². The molecule has 0 saturated carbocycles. The molecule has 1 unspecified atom stereocenters. The number of aliphatic hydroxyl groups is 1. The van der Waals surface area contributed by atoms with Crippen LogP contribution >= 0.6 is 11.6 Å². The van der Waals surface area contributed by atoms with Gasteiger partial charge in [0.15, 0.2) is 5.69 Å². The van der Waals surface area contributed by atoms with Crippen molar-refractivity contribution in [2.75, 3.05) is 6.61 Å². The summed E-state index contributed by atoms with van der Waals surface area (Å²) in [6, 6.07) is 17.5. The molecule has 2 aromatic heterocycles. The van der Waals surface area contributed by atoms with E-state index in [9.17, 15) is 23.5 Å². The highest BCUT2D eigenvalue weighted by molar-refractivity contribution is 6.31. The van der Waals surface area contributed by atoms with E-state index in [4.69, 9.17) is 16.3 Å². The number of alkyl halides is 3. The molecule has 0 amide bonds. The number of nitrogens with zero attached hydrogens (tertiary/aromatic N) is 3. The number of rotatable bonds is 6. The molecule has 4 rings (SSSR count). The molecule has 0 fully saturated rings. The third-order valence-electron chi connectivity index (χ3n) is 6.15. The van der Waals surface area contributed by atoms with Gasteiger partial charge in [-0.15, -0.1) is 0 Å². The number of hydrogen-bond donors (Lipinski definition) is 1. The molecule has 1 N–H and O–H groups in total. The molecule has 9 heteroatoms. The molecule has 0 spiro atoms. The van der Waals surface area contributed by atoms with Crippen molar-refractivity contribution in [1.29, 1.82) is 5.26 Å². The normalized spacial score (nSPS) is 13.3. The van der Waals surface area contributed by atoms with Crippen LogP contribution in [0, 0.1) is 18.3 Å². The van der Waals surface area contributed by atoms with Crippen molar-refractivity contribution < 1.29 is 23.0 Å². The zero-order valence-corrected chi connectivity index (χ0v) is 20.2. The van der Waals surface area contributed by atoms with Crippen LogP contribution in [0.15, 0.2) is 60.8 Å². The van der Waals surface area contributed by atoms with Crippen LogP contribution in [0.25, 0.3) is 22.2 Å². The molecule has 2 heterocycles. The van der Waals surface area contributed by atoms with Crippen molar-refractivity contribution >= 4 is 22.5 Å². The van der Waals surface area contributed by atoms with E-state index >= 15 is 0 Å². The van der Waals surface area contributed by atoms with Gasteiger partial charge in [-0.1, -0.05) is 48.0 Å². The van der Waals surface area contributed by atoms with Gasteiger partial charge in [-0.05, 0) is 42.7 Å². The highest BCUT2D eigenvalue weighted by Crippen LogP contribution is 2.45. The summed E-state index contributed by atoms with van der Waals surface area (Å²) in [6.07, 6.45) is -3.25. The first-order valence-corrected chi connectivity index (χ1v) is 11.3. The predicted octanol–water partition coefficient (Wildman–Crippen LogP) is 6.52. The Bertz CT molecular complexity index is 1470. The lowest BCUT2D eigenvalue weighted by atomic mass is 9.81. The standard InChI is InChI=1S/C27H21ClF3N3O2/c1-16-10-19(26(2,15-35)27(29,30)31)20(28)11-18(16)22-12-24(36-14-17-6-4-3-5-7-17)25-21(34-22)8-9-33-23(25)13-32/h3-12,35H,14-15H2,1-2H3. The fourth-order valence-electron chi connectivity index (χ4n) is 3.93. The van der Waals surface area contributed by atoms with E-state index < -0.39 is 18.2 Å². The number of pyridine rings is 2. The van der Waals surface area contributed by atoms with Crippen molar-refractivity contribution in [2.45, 2.75) is 32.0 Å². The van der Waals surface area contributed by atoms with Gasteiger partial charge in [0.1, 0.15) is 23.8 Å². The van der Waals surface area contributed by atoms with Gasteiger partial charge in [-0.2, -0.15) is 18.4 Å². The van der Waals surface area contributed by atoms with Gasteiger partial charge in [0.25, 0.3) is 0 Å². The van der Waals surface area contributed by atoms with Crippen LogP contribution in [-0.4, -0.2) is 27.9 Å². The molecule has 184 valence electrons. The number of aryl methyl sites for hydroxylation is 1. The second-order valence-electron chi connectivity index (χ2n) is 8.58. The molecule has 5 nitrogen and oxygen atoms in total. The van der Waals surface area contributed by atoms with Gasteiger partial charge in [0.2, 0.25) is 0 Å². The molecule has 0 bridgehead atoms. The lowest BCUT2D eigenvalue weighted by Crippen LogP contribution is -2.43. The van der Waals surface area contributed by atoms with Crippen LogP contribution in [-0.2, 0) is 12.0 Å². The Morgan fingerprint density at radius 2 is 1.83 bits per heavy atom.